The molecular formula is C13H20INO5S. The second kappa shape index (κ2) is 9.70. The fraction of sp³-hybridized carbons (Fsp3) is 0.538. The van der Waals surface area contributed by atoms with Gasteiger partial charge in [0.1, 0.15) is 0 Å². The summed E-state index contributed by atoms with van der Waals surface area (Å²) in [5.41, 5.74) is 6.49. The van der Waals surface area contributed by atoms with Crippen LogP contribution in [0.25, 0.3) is 0 Å². The maximum absolute atomic E-state index is 11.8. The van der Waals surface area contributed by atoms with Crippen LogP contribution in [0, 0.1) is 6.92 Å². The first-order valence-electron chi connectivity index (χ1n) is 6.43. The summed E-state index contributed by atoms with van der Waals surface area (Å²) < 4.78 is 38.9. The van der Waals surface area contributed by atoms with Gasteiger partial charge >= 0.3 is 0 Å². The molecule has 1 rings (SSSR count). The largest absolute Gasteiger partial charge is 0.377 e. The van der Waals surface area contributed by atoms with E-state index in [1.165, 1.54) is 12.1 Å². The lowest BCUT2D eigenvalue weighted by molar-refractivity contribution is 0.0386. The number of benzene rings is 1. The Morgan fingerprint density at radius 1 is 1.10 bits per heavy atom. The summed E-state index contributed by atoms with van der Waals surface area (Å²) in [6.07, 6.45) is 0. The van der Waals surface area contributed by atoms with E-state index in [9.17, 15) is 8.42 Å². The van der Waals surface area contributed by atoms with Crippen LogP contribution in [0.1, 0.15) is 5.56 Å². The molecule has 6 nitrogen and oxygen atoms in total. The zero-order valence-corrected chi connectivity index (χ0v) is 14.8. The summed E-state index contributed by atoms with van der Waals surface area (Å²) in [5, 5.41) is 0. The molecule has 0 aromatic heterocycles. The van der Waals surface area contributed by atoms with E-state index < -0.39 is 10.1 Å². The lowest BCUT2D eigenvalue weighted by Gasteiger charge is -2.08. The summed E-state index contributed by atoms with van der Waals surface area (Å²) >= 11 is 2.06. The predicted molar refractivity (Wildman–Crippen MR) is 88.0 cm³/mol. The zero-order chi connectivity index (χ0) is 15.7. The topological polar surface area (TPSA) is 87.9 Å². The highest BCUT2D eigenvalue weighted by Gasteiger charge is 2.14. The van der Waals surface area contributed by atoms with Crippen LogP contribution in [0.4, 0.5) is 0 Å². The molecule has 0 fully saturated rings. The average Bonchev–Trinajstić information content (AvgIpc) is 2.42. The van der Waals surface area contributed by atoms with Crippen molar-refractivity contribution in [2.24, 2.45) is 5.73 Å². The van der Waals surface area contributed by atoms with Crippen molar-refractivity contribution in [2.75, 3.05) is 33.0 Å². The molecule has 8 heteroatoms. The second-order valence-electron chi connectivity index (χ2n) is 4.29. The van der Waals surface area contributed by atoms with E-state index in [1.54, 1.807) is 12.1 Å². The van der Waals surface area contributed by atoms with Gasteiger partial charge in [-0.15, -0.1) is 0 Å². The summed E-state index contributed by atoms with van der Waals surface area (Å²) in [7, 11) is -3.71. The summed E-state index contributed by atoms with van der Waals surface area (Å²) in [6, 6.07) is 6.49. The number of alkyl halides is 1. The lowest BCUT2D eigenvalue weighted by atomic mass is 10.2. The van der Waals surface area contributed by atoms with Gasteiger partial charge in [0.15, 0.2) is 0 Å². The first kappa shape index (κ1) is 18.8. The molecule has 0 bridgehead atoms. The third kappa shape index (κ3) is 8.07. The molecule has 1 atom stereocenters. The first-order chi connectivity index (χ1) is 9.92. The molecule has 1 unspecified atom stereocenters. The van der Waals surface area contributed by atoms with Crippen molar-refractivity contribution in [3.8, 4) is 0 Å². The summed E-state index contributed by atoms with van der Waals surface area (Å²) in [5.74, 6) is 0. The quantitative estimate of drug-likeness (QED) is 0.199. The van der Waals surface area contributed by atoms with E-state index in [-0.39, 0.29) is 22.2 Å². The molecule has 1 aromatic carbocycles. The van der Waals surface area contributed by atoms with E-state index in [2.05, 4.69) is 22.6 Å². The second-order valence-corrected chi connectivity index (χ2v) is 7.51. The van der Waals surface area contributed by atoms with Gasteiger partial charge in [-0.3, -0.25) is 4.18 Å². The standard InChI is InChI=1S/C13H20INO5S/c1-11-2-4-12(5-3-11)21(16,17)20-9-8-18-6-7-19-10-13(14)15/h2-5,13H,6-10,15H2,1H3. The molecule has 0 aliphatic rings. The predicted octanol–water partition coefficient (Wildman–Crippen LogP) is 1.45. The summed E-state index contributed by atoms with van der Waals surface area (Å²) in [4.78, 5) is 0.146. The Bertz CT molecular complexity index is 504. The van der Waals surface area contributed by atoms with Crippen molar-refractivity contribution in [3.05, 3.63) is 29.8 Å². The Hall–Kier alpha value is -0.260. The minimum Gasteiger partial charge on any atom is -0.377 e. The van der Waals surface area contributed by atoms with E-state index in [4.69, 9.17) is 19.4 Å². The Kier molecular flexibility index (Phi) is 8.67. The van der Waals surface area contributed by atoms with Gasteiger partial charge in [0, 0.05) is 0 Å². The fourth-order valence-electron chi connectivity index (χ4n) is 1.39. The minimum atomic E-state index is -3.71. The van der Waals surface area contributed by atoms with Gasteiger partial charge in [0.05, 0.1) is 42.0 Å². The van der Waals surface area contributed by atoms with Crippen LogP contribution in [0.3, 0.4) is 0 Å². The van der Waals surface area contributed by atoms with Crippen LogP contribution in [-0.4, -0.2) is 45.5 Å². The third-order valence-electron chi connectivity index (χ3n) is 2.42. The van der Waals surface area contributed by atoms with Crippen LogP contribution < -0.4 is 5.73 Å². The molecule has 0 radical (unpaired) electrons. The van der Waals surface area contributed by atoms with E-state index in [0.717, 1.165) is 5.56 Å². The van der Waals surface area contributed by atoms with E-state index in [0.29, 0.717) is 19.8 Å². The molecule has 0 spiro atoms. The first-order valence-corrected chi connectivity index (χ1v) is 9.08. The van der Waals surface area contributed by atoms with Crippen molar-refractivity contribution in [1.29, 1.82) is 0 Å². The number of ether oxygens (including phenoxy) is 2. The van der Waals surface area contributed by atoms with Crippen LogP contribution in [0.5, 0.6) is 0 Å². The SMILES string of the molecule is Cc1ccc(S(=O)(=O)OCCOCCOCC(N)I)cc1. The van der Waals surface area contributed by atoms with Crippen molar-refractivity contribution < 1.29 is 22.1 Å². The zero-order valence-electron chi connectivity index (χ0n) is 11.8. The van der Waals surface area contributed by atoms with Crippen molar-refractivity contribution in [3.63, 3.8) is 0 Å². The van der Waals surface area contributed by atoms with E-state index >= 15 is 0 Å². The van der Waals surface area contributed by atoms with Crippen LogP contribution in [-0.2, 0) is 23.8 Å². The van der Waals surface area contributed by atoms with Crippen molar-refractivity contribution >= 4 is 32.7 Å². The number of rotatable bonds is 10. The number of nitrogens with two attached hydrogens (primary N) is 1. The maximum atomic E-state index is 11.8. The van der Waals surface area contributed by atoms with Gasteiger partial charge in [-0.1, -0.05) is 40.3 Å². The average molecular weight is 429 g/mol. The molecular weight excluding hydrogens is 409 g/mol. The smallest absolute Gasteiger partial charge is 0.297 e. The lowest BCUT2D eigenvalue weighted by Crippen LogP contribution is -2.20. The number of halogens is 1. The molecule has 2 N–H and O–H groups in total. The van der Waals surface area contributed by atoms with Crippen LogP contribution >= 0.6 is 22.6 Å². The molecule has 21 heavy (non-hydrogen) atoms. The molecule has 0 aliphatic carbocycles. The molecule has 0 amide bonds. The normalized spacial score (nSPS) is 13.3. The highest BCUT2D eigenvalue weighted by Crippen LogP contribution is 2.12. The highest BCUT2D eigenvalue weighted by atomic mass is 127. The van der Waals surface area contributed by atoms with Gasteiger partial charge in [-0.05, 0) is 19.1 Å². The molecule has 0 saturated heterocycles. The number of hydrogen-bond donors (Lipinski definition) is 1. The Morgan fingerprint density at radius 2 is 1.67 bits per heavy atom. The number of aryl methyl sites for hydroxylation is 1. The van der Waals surface area contributed by atoms with Crippen LogP contribution in [0.15, 0.2) is 29.2 Å². The van der Waals surface area contributed by atoms with Crippen molar-refractivity contribution in [2.45, 2.75) is 15.9 Å². The molecule has 0 saturated carbocycles. The highest BCUT2D eigenvalue weighted by molar-refractivity contribution is 14.1. The Morgan fingerprint density at radius 3 is 2.29 bits per heavy atom. The van der Waals surface area contributed by atoms with Gasteiger partial charge in [0.2, 0.25) is 0 Å². The third-order valence-corrected chi connectivity index (χ3v) is 4.11. The van der Waals surface area contributed by atoms with Gasteiger partial charge in [0.25, 0.3) is 10.1 Å². The number of hydrogen-bond acceptors (Lipinski definition) is 6. The molecule has 0 aliphatic heterocycles. The molecule has 120 valence electrons. The van der Waals surface area contributed by atoms with Crippen molar-refractivity contribution in [1.82, 2.24) is 0 Å². The van der Waals surface area contributed by atoms with Gasteiger partial charge < -0.3 is 15.2 Å². The Balaban J connectivity index is 2.18. The minimum absolute atomic E-state index is 0.0258. The Labute approximate surface area is 139 Å². The monoisotopic (exact) mass is 429 g/mol. The van der Waals surface area contributed by atoms with Gasteiger partial charge in [-0.25, -0.2) is 0 Å². The van der Waals surface area contributed by atoms with Crippen LogP contribution in [0.2, 0.25) is 0 Å². The fourth-order valence-corrected chi connectivity index (χ4v) is 2.54. The van der Waals surface area contributed by atoms with Gasteiger partial charge in [-0.2, -0.15) is 8.42 Å². The molecule has 0 heterocycles. The van der Waals surface area contributed by atoms with E-state index in [1.807, 2.05) is 6.92 Å². The molecule has 1 aromatic rings. The maximum Gasteiger partial charge on any atom is 0.297 e. The summed E-state index contributed by atoms with van der Waals surface area (Å²) in [6.45, 7) is 3.30.